The summed E-state index contributed by atoms with van der Waals surface area (Å²) in [6.07, 6.45) is 2.19. The van der Waals surface area contributed by atoms with Crippen molar-refractivity contribution in [1.82, 2.24) is 10.2 Å². The average Bonchev–Trinajstić information content (AvgIpc) is 2.92. The first-order valence-corrected chi connectivity index (χ1v) is 8.46. The zero-order chi connectivity index (χ0) is 16.4. The molecule has 1 unspecified atom stereocenters. The summed E-state index contributed by atoms with van der Waals surface area (Å²) in [5.74, 6) is -0.345. The highest BCUT2D eigenvalue weighted by Crippen LogP contribution is 2.31. The van der Waals surface area contributed by atoms with Crippen molar-refractivity contribution in [2.75, 3.05) is 31.6 Å². The third-order valence-electron chi connectivity index (χ3n) is 4.70. The van der Waals surface area contributed by atoms with Crippen molar-refractivity contribution in [2.24, 2.45) is 5.92 Å². The van der Waals surface area contributed by atoms with Gasteiger partial charge >= 0.3 is 0 Å². The molecule has 1 atom stereocenters. The Balaban J connectivity index is 1.61. The van der Waals surface area contributed by atoms with Crippen LogP contribution in [0.1, 0.15) is 19.3 Å². The van der Waals surface area contributed by atoms with Crippen LogP contribution >= 0.6 is 11.6 Å². The molecule has 0 saturated carbocycles. The van der Waals surface area contributed by atoms with Gasteiger partial charge in [-0.05, 0) is 45.1 Å². The van der Waals surface area contributed by atoms with Crippen molar-refractivity contribution in [3.63, 3.8) is 0 Å². The van der Waals surface area contributed by atoms with Gasteiger partial charge in [-0.1, -0.05) is 23.7 Å². The molecular weight excluding hydrogens is 314 g/mol. The maximum absolute atomic E-state index is 12.5. The SMILES string of the molecule is CN1CCC(NC(=O)C2CC(=O)N(c3ccccc3Cl)C2)CC1. The van der Waals surface area contributed by atoms with Crippen LogP contribution in [0.15, 0.2) is 24.3 Å². The minimum atomic E-state index is -0.293. The molecule has 23 heavy (non-hydrogen) atoms. The Labute approximate surface area is 141 Å². The number of hydrogen-bond acceptors (Lipinski definition) is 3. The molecule has 124 valence electrons. The predicted octanol–water partition coefficient (Wildman–Crippen LogP) is 1.90. The van der Waals surface area contributed by atoms with E-state index in [1.165, 1.54) is 0 Å². The molecule has 6 heteroatoms. The Morgan fingerprint density at radius 2 is 1.96 bits per heavy atom. The quantitative estimate of drug-likeness (QED) is 0.918. The summed E-state index contributed by atoms with van der Waals surface area (Å²) in [5.41, 5.74) is 0.689. The summed E-state index contributed by atoms with van der Waals surface area (Å²) >= 11 is 6.17. The van der Waals surface area contributed by atoms with Crippen molar-refractivity contribution in [3.05, 3.63) is 29.3 Å². The Morgan fingerprint density at radius 3 is 2.65 bits per heavy atom. The van der Waals surface area contributed by atoms with Crippen LogP contribution in [0.3, 0.4) is 0 Å². The molecule has 1 aromatic rings. The first-order chi connectivity index (χ1) is 11.0. The number of hydrogen-bond donors (Lipinski definition) is 1. The zero-order valence-electron chi connectivity index (χ0n) is 13.3. The number of amides is 2. The number of para-hydroxylation sites is 1. The van der Waals surface area contributed by atoms with Gasteiger partial charge in [0.05, 0.1) is 16.6 Å². The highest BCUT2D eigenvalue weighted by Gasteiger charge is 2.36. The standard InChI is InChI=1S/C17H22ClN3O2/c1-20-8-6-13(7-9-20)19-17(23)12-10-16(22)21(11-12)15-5-3-2-4-14(15)18/h2-5,12-13H,6-11H2,1H3,(H,19,23). The number of anilines is 1. The van der Waals surface area contributed by atoms with Crippen LogP contribution in [0.4, 0.5) is 5.69 Å². The monoisotopic (exact) mass is 335 g/mol. The minimum absolute atomic E-state index is 0.0116. The lowest BCUT2D eigenvalue weighted by Gasteiger charge is -2.30. The average molecular weight is 336 g/mol. The number of carbonyl (C=O) groups excluding carboxylic acids is 2. The van der Waals surface area contributed by atoms with Gasteiger partial charge in [0.2, 0.25) is 11.8 Å². The summed E-state index contributed by atoms with van der Waals surface area (Å²) < 4.78 is 0. The molecule has 2 aliphatic heterocycles. The maximum atomic E-state index is 12.5. The van der Waals surface area contributed by atoms with E-state index in [1.807, 2.05) is 18.2 Å². The molecule has 3 rings (SSSR count). The normalized spacial score (nSPS) is 23.3. The molecule has 0 spiro atoms. The highest BCUT2D eigenvalue weighted by molar-refractivity contribution is 6.33. The van der Waals surface area contributed by atoms with E-state index in [2.05, 4.69) is 17.3 Å². The number of carbonyl (C=O) groups is 2. The lowest BCUT2D eigenvalue weighted by molar-refractivity contribution is -0.127. The fourth-order valence-electron chi connectivity index (χ4n) is 3.26. The van der Waals surface area contributed by atoms with Crippen LogP contribution in [0, 0.1) is 5.92 Å². The van der Waals surface area contributed by atoms with E-state index in [1.54, 1.807) is 11.0 Å². The third-order valence-corrected chi connectivity index (χ3v) is 5.02. The van der Waals surface area contributed by atoms with Crippen molar-refractivity contribution in [3.8, 4) is 0 Å². The molecule has 2 fully saturated rings. The number of likely N-dealkylation sites (tertiary alicyclic amines) is 1. The van der Waals surface area contributed by atoms with Crippen molar-refractivity contribution >= 4 is 29.1 Å². The summed E-state index contributed by atoms with van der Waals surface area (Å²) in [6, 6.07) is 7.48. The summed E-state index contributed by atoms with van der Waals surface area (Å²) in [6.45, 7) is 2.40. The second-order valence-corrected chi connectivity index (χ2v) is 6.85. The summed E-state index contributed by atoms with van der Waals surface area (Å²) in [4.78, 5) is 28.6. The fraction of sp³-hybridized carbons (Fsp3) is 0.529. The zero-order valence-corrected chi connectivity index (χ0v) is 14.1. The van der Waals surface area contributed by atoms with E-state index in [0.717, 1.165) is 25.9 Å². The number of piperidine rings is 1. The number of nitrogens with one attached hydrogen (secondary N) is 1. The Morgan fingerprint density at radius 1 is 1.26 bits per heavy atom. The molecule has 0 aliphatic carbocycles. The molecule has 0 aromatic heterocycles. The van der Waals surface area contributed by atoms with E-state index in [9.17, 15) is 9.59 Å². The van der Waals surface area contributed by atoms with E-state index in [0.29, 0.717) is 17.3 Å². The van der Waals surface area contributed by atoms with Gasteiger partial charge in [-0.3, -0.25) is 9.59 Å². The van der Waals surface area contributed by atoms with Gasteiger partial charge in [-0.15, -0.1) is 0 Å². The Kier molecular flexibility index (Phi) is 4.87. The molecule has 1 aromatic carbocycles. The second-order valence-electron chi connectivity index (χ2n) is 6.44. The smallest absolute Gasteiger partial charge is 0.227 e. The third kappa shape index (κ3) is 3.67. The van der Waals surface area contributed by atoms with E-state index >= 15 is 0 Å². The second kappa shape index (κ2) is 6.89. The predicted molar refractivity (Wildman–Crippen MR) is 90.6 cm³/mol. The van der Waals surface area contributed by atoms with E-state index in [4.69, 9.17) is 11.6 Å². The number of rotatable bonds is 3. The van der Waals surface area contributed by atoms with Crippen LogP contribution in [-0.4, -0.2) is 49.4 Å². The van der Waals surface area contributed by atoms with Crippen LogP contribution in [0.25, 0.3) is 0 Å². The first kappa shape index (κ1) is 16.3. The van der Waals surface area contributed by atoms with Crippen LogP contribution in [0.5, 0.6) is 0 Å². The van der Waals surface area contributed by atoms with Gasteiger partial charge < -0.3 is 15.1 Å². The van der Waals surface area contributed by atoms with Gasteiger partial charge in [0, 0.05) is 19.0 Å². The Bertz CT molecular complexity index is 599. The molecular formula is C17H22ClN3O2. The van der Waals surface area contributed by atoms with Crippen molar-refractivity contribution < 1.29 is 9.59 Å². The van der Waals surface area contributed by atoms with Crippen molar-refractivity contribution in [1.29, 1.82) is 0 Å². The minimum Gasteiger partial charge on any atom is -0.353 e. The molecule has 5 nitrogen and oxygen atoms in total. The van der Waals surface area contributed by atoms with Crippen molar-refractivity contribution in [2.45, 2.75) is 25.3 Å². The summed E-state index contributed by atoms with van der Waals surface area (Å²) in [5, 5.41) is 3.65. The van der Waals surface area contributed by atoms with Gasteiger partial charge in [-0.25, -0.2) is 0 Å². The number of halogens is 1. The molecule has 2 heterocycles. The molecule has 0 radical (unpaired) electrons. The molecule has 0 bridgehead atoms. The van der Waals surface area contributed by atoms with E-state index < -0.39 is 0 Å². The van der Waals surface area contributed by atoms with E-state index in [-0.39, 0.29) is 30.2 Å². The fourth-order valence-corrected chi connectivity index (χ4v) is 3.50. The molecule has 2 amide bonds. The van der Waals surface area contributed by atoms with Gasteiger partial charge in [0.15, 0.2) is 0 Å². The lowest BCUT2D eigenvalue weighted by atomic mass is 10.0. The first-order valence-electron chi connectivity index (χ1n) is 8.08. The number of nitrogens with zero attached hydrogens (tertiary/aromatic N) is 2. The molecule has 2 aliphatic rings. The maximum Gasteiger partial charge on any atom is 0.227 e. The molecule has 2 saturated heterocycles. The lowest BCUT2D eigenvalue weighted by Crippen LogP contribution is -2.45. The number of benzene rings is 1. The van der Waals surface area contributed by atoms with Gasteiger partial charge in [-0.2, -0.15) is 0 Å². The van der Waals surface area contributed by atoms with Crippen LogP contribution < -0.4 is 10.2 Å². The van der Waals surface area contributed by atoms with Gasteiger partial charge in [0.1, 0.15) is 0 Å². The van der Waals surface area contributed by atoms with Crippen LogP contribution in [0.2, 0.25) is 5.02 Å². The summed E-state index contributed by atoms with van der Waals surface area (Å²) in [7, 11) is 2.09. The van der Waals surface area contributed by atoms with Gasteiger partial charge in [0.25, 0.3) is 0 Å². The largest absolute Gasteiger partial charge is 0.353 e. The Hall–Kier alpha value is -1.59. The van der Waals surface area contributed by atoms with Crippen LogP contribution in [-0.2, 0) is 9.59 Å². The highest BCUT2D eigenvalue weighted by atomic mass is 35.5. The topological polar surface area (TPSA) is 52.7 Å². The molecule has 1 N–H and O–H groups in total.